The molecule has 0 saturated heterocycles. The van der Waals surface area contributed by atoms with Gasteiger partial charge < -0.3 is 5.11 Å². The zero-order valence-corrected chi connectivity index (χ0v) is 10.9. The molecule has 0 radical (unpaired) electrons. The second kappa shape index (κ2) is 4.19. The van der Waals surface area contributed by atoms with E-state index in [2.05, 4.69) is 40.0 Å². The number of H-pyrrole nitrogens is 1. The molecule has 4 rings (SSSR count). The maximum absolute atomic E-state index is 10.2. The summed E-state index contributed by atoms with van der Waals surface area (Å²) >= 11 is 0. The van der Waals surface area contributed by atoms with Gasteiger partial charge in [0.05, 0.1) is 6.08 Å². The lowest BCUT2D eigenvalue weighted by Crippen LogP contribution is -2.28. The number of aromatic amines is 1. The Morgan fingerprint density at radius 2 is 2.15 bits per heavy atom. The number of fused-ring (bicyclic) bond motifs is 2. The summed E-state index contributed by atoms with van der Waals surface area (Å²) in [7, 11) is 0. The predicted octanol–water partition coefficient (Wildman–Crippen LogP) is 1.05. The first kappa shape index (κ1) is 11.2. The Balaban J connectivity index is 1.94. The molecule has 2 aromatic rings. The predicted molar refractivity (Wildman–Crippen MR) is 78.8 cm³/mol. The van der Waals surface area contributed by atoms with Gasteiger partial charge in [0, 0.05) is 30.2 Å². The minimum Gasteiger partial charge on any atom is -0.482 e. The van der Waals surface area contributed by atoms with Gasteiger partial charge in [0.1, 0.15) is 0 Å². The van der Waals surface area contributed by atoms with E-state index >= 15 is 0 Å². The van der Waals surface area contributed by atoms with Crippen molar-refractivity contribution in [3.8, 4) is 5.88 Å². The number of aromatic hydroxyl groups is 1. The summed E-state index contributed by atoms with van der Waals surface area (Å²) in [5, 5.41) is 12.0. The van der Waals surface area contributed by atoms with Crippen LogP contribution in [0.25, 0.3) is 12.2 Å². The Bertz CT molecular complexity index is 869. The first-order chi connectivity index (χ1) is 9.83. The zero-order chi connectivity index (χ0) is 13.5. The third kappa shape index (κ3) is 1.61. The number of nitrogens with zero attached hydrogens (tertiary/aromatic N) is 1. The number of rotatable bonds is 1. The van der Waals surface area contributed by atoms with E-state index < -0.39 is 0 Å². The Hall–Kier alpha value is -2.64. The molecule has 1 aliphatic carbocycles. The van der Waals surface area contributed by atoms with E-state index in [0.717, 1.165) is 29.2 Å². The van der Waals surface area contributed by atoms with Crippen molar-refractivity contribution in [3.05, 3.63) is 58.1 Å². The molecule has 96 valence electrons. The quantitative estimate of drug-likeness (QED) is 0.585. The molecule has 3 heteroatoms. The second-order valence-electron chi connectivity index (χ2n) is 5.05. The third-order valence-corrected chi connectivity index (χ3v) is 3.83. The van der Waals surface area contributed by atoms with Gasteiger partial charge in [-0.15, -0.1) is 0 Å². The average molecular weight is 262 g/mol. The van der Waals surface area contributed by atoms with E-state index in [9.17, 15) is 5.11 Å². The van der Waals surface area contributed by atoms with Crippen molar-refractivity contribution < 1.29 is 9.68 Å². The van der Waals surface area contributed by atoms with Crippen LogP contribution >= 0.6 is 0 Å². The second-order valence-corrected chi connectivity index (χ2v) is 5.05. The molecule has 0 saturated carbocycles. The lowest BCUT2D eigenvalue weighted by molar-refractivity contribution is -0.437. The molecule has 0 amide bonds. The van der Waals surface area contributed by atoms with Gasteiger partial charge in [-0.2, -0.15) is 4.58 Å². The summed E-state index contributed by atoms with van der Waals surface area (Å²) in [6.07, 6.45) is 12.0. The Kier molecular flexibility index (Phi) is 2.35. The number of hydrogen-bond donors (Lipinski definition) is 2. The van der Waals surface area contributed by atoms with Gasteiger partial charge in [-0.1, -0.05) is 18.2 Å². The van der Waals surface area contributed by atoms with Crippen molar-refractivity contribution in [3.63, 3.8) is 0 Å². The summed E-state index contributed by atoms with van der Waals surface area (Å²) in [6, 6.07) is 8.38. The number of allylic oxidation sites excluding steroid dienone is 2. The number of nitrogens with one attached hydrogen (secondary N) is 1. The first-order valence-electron chi connectivity index (χ1n) is 6.74. The molecule has 2 aliphatic rings. The highest BCUT2D eigenvalue weighted by molar-refractivity contribution is 5.80. The molecule has 0 spiro atoms. The van der Waals surface area contributed by atoms with Gasteiger partial charge in [0.25, 0.3) is 0 Å². The molecule has 0 atom stereocenters. The van der Waals surface area contributed by atoms with Crippen molar-refractivity contribution in [2.75, 3.05) is 6.54 Å². The highest BCUT2D eigenvalue weighted by Crippen LogP contribution is 2.21. The largest absolute Gasteiger partial charge is 0.482 e. The van der Waals surface area contributed by atoms with E-state index in [0.29, 0.717) is 0 Å². The Labute approximate surface area is 116 Å². The molecule has 2 heterocycles. The summed E-state index contributed by atoms with van der Waals surface area (Å²) in [4.78, 5) is 3.01. The lowest BCUT2D eigenvalue weighted by Gasteiger charge is -2.09. The normalized spacial score (nSPS) is 15.3. The van der Waals surface area contributed by atoms with Crippen LogP contribution in [-0.4, -0.2) is 27.4 Å². The molecular formula is C17H14N2O+2. The van der Waals surface area contributed by atoms with Crippen molar-refractivity contribution >= 4 is 24.1 Å². The molecule has 0 unspecified atom stereocenters. The number of benzene rings is 1. The lowest BCUT2D eigenvalue weighted by atomic mass is 10.0. The van der Waals surface area contributed by atoms with E-state index in [-0.39, 0.29) is 5.88 Å². The maximum Gasteiger partial charge on any atom is 0.362 e. The van der Waals surface area contributed by atoms with E-state index in [1.165, 1.54) is 11.1 Å². The molecule has 1 aliphatic heterocycles. The zero-order valence-electron chi connectivity index (χ0n) is 10.9. The van der Waals surface area contributed by atoms with Gasteiger partial charge >= 0.3 is 11.6 Å². The summed E-state index contributed by atoms with van der Waals surface area (Å²) < 4.78 is 2.10. The van der Waals surface area contributed by atoms with Crippen molar-refractivity contribution in [2.45, 2.75) is 6.42 Å². The van der Waals surface area contributed by atoms with Crippen LogP contribution in [0.4, 0.5) is 5.69 Å². The minimum atomic E-state index is 0.207. The van der Waals surface area contributed by atoms with Gasteiger partial charge in [-0.25, -0.2) is 0 Å². The monoisotopic (exact) mass is 262 g/mol. The Morgan fingerprint density at radius 3 is 3.10 bits per heavy atom. The fourth-order valence-corrected chi connectivity index (χ4v) is 2.86. The van der Waals surface area contributed by atoms with Crippen LogP contribution in [0.5, 0.6) is 5.88 Å². The van der Waals surface area contributed by atoms with Crippen LogP contribution in [0.2, 0.25) is 0 Å². The molecule has 1 aromatic heterocycles. The molecular weight excluding hydrogens is 248 g/mol. The van der Waals surface area contributed by atoms with Crippen LogP contribution in [-0.2, 0) is 6.42 Å². The minimum absolute atomic E-state index is 0.207. The molecule has 20 heavy (non-hydrogen) atoms. The van der Waals surface area contributed by atoms with Crippen LogP contribution in [0.3, 0.4) is 0 Å². The van der Waals surface area contributed by atoms with Crippen molar-refractivity contribution in [1.29, 1.82) is 0 Å². The molecule has 3 nitrogen and oxygen atoms in total. The summed E-state index contributed by atoms with van der Waals surface area (Å²) in [6.45, 7) is 0.861. The highest BCUT2D eigenvalue weighted by atomic mass is 16.3. The van der Waals surface area contributed by atoms with Crippen LogP contribution in [0, 0.1) is 0 Å². The molecule has 1 aromatic carbocycles. The third-order valence-electron chi connectivity index (χ3n) is 3.83. The van der Waals surface area contributed by atoms with Crippen LogP contribution in [0.1, 0.15) is 11.1 Å². The fourth-order valence-electron chi connectivity index (χ4n) is 2.86. The van der Waals surface area contributed by atoms with Gasteiger partial charge in [0.15, 0.2) is 18.1 Å². The molecule has 0 fully saturated rings. The van der Waals surface area contributed by atoms with E-state index in [4.69, 9.17) is 0 Å². The summed E-state index contributed by atoms with van der Waals surface area (Å²) in [5.41, 5.74) is 3.38. The number of aromatic nitrogens is 1. The first-order valence-corrected chi connectivity index (χ1v) is 6.74. The van der Waals surface area contributed by atoms with Crippen LogP contribution in [0.15, 0.2) is 36.4 Å². The standard InChI is InChI=1S/C17H13N2O/c20-17-16(14-7-3-4-8-15(14)18-17)19-10-9-12-5-1-2-6-13(12)11-19/h1-6,8,11,18H,9-10H2/q+1/p+1. The molecule has 2 N–H and O–H groups in total. The fraction of sp³-hybridized carbons (Fsp3) is 0.118. The molecule has 0 bridgehead atoms. The van der Waals surface area contributed by atoms with Crippen molar-refractivity contribution in [2.24, 2.45) is 0 Å². The Morgan fingerprint density at radius 1 is 1.25 bits per heavy atom. The number of hydrogen-bond acceptors (Lipinski definition) is 1. The van der Waals surface area contributed by atoms with E-state index in [1.54, 1.807) is 0 Å². The van der Waals surface area contributed by atoms with Crippen LogP contribution < -0.4 is 10.6 Å². The topological polar surface area (TPSA) is 39.0 Å². The van der Waals surface area contributed by atoms with Gasteiger partial charge in [0.2, 0.25) is 5.22 Å². The smallest absolute Gasteiger partial charge is 0.362 e. The van der Waals surface area contributed by atoms with Gasteiger partial charge in [-0.3, -0.25) is 4.98 Å². The average Bonchev–Trinajstić information content (AvgIpc) is 2.82. The van der Waals surface area contributed by atoms with Crippen molar-refractivity contribution in [1.82, 2.24) is 4.98 Å². The summed E-state index contributed by atoms with van der Waals surface area (Å²) in [5.74, 6) is 0.207. The highest BCUT2D eigenvalue weighted by Gasteiger charge is 2.30. The maximum atomic E-state index is 10.2. The van der Waals surface area contributed by atoms with E-state index in [1.807, 2.05) is 24.3 Å². The SMILES string of the molecule is Oc1[nH]c2c(c1[N+]1=Cc3ccccc3CC1)=[C+]C=CC=2. The van der Waals surface area contributed by atoms with Gasteiger partial charge in [-0.05, 0) is 11.6 Å².